The van der Waals surface area contributed by atoms with Gasteiger partial charge in [-0.2, -0.15) is 0 Å². The molecule has 0 saturated heterocycles. The highest BCUT2D eigenvalue weighted by atomic mass is 16.3. The first-order valence-corrected chi connectivity index (χ1v) is 5.08. The fraction of sp³-hybridized carbons (Fsp3) is 0.333. The summed E-state index contributed by atoms with van der Waals surface area (Å²) in [5.41, 5.74) is 3.89. The van der Waals surface area contributed by atoms with Gasteiger partial charge in [0.15, 0.2) is 0 Å². The van der Waals surface area contributed by atoms with Crippen molar-refractivity contribution in [1.29, 1.82) is 0 Å². The van der Waals surface area contributed by atoms with E-state index in [2.05, 4.69) is 30.4 Å². The number of rotatable bonds is 0. The summed E-state index contributed by atoms with van der Waals surface area (Å²) < 4.78 is 5.40. The van der Waals surface area contributed by atoms with Crippen LogP contribution in [0.5, 0.6) is 0 Å². The zero-order valence-corrected chi connectivity index (χ0v) is 8.21. The quantitative estimate of drug-likeness (QED) is 0.686. The fourth-order valence-corrected chi connectivity index (χ4v) is 2.33. The van der Waals surface area contributed by atoms with Crippen LogP contribution in [0.2, 0.25) is 0 Å². The predicted molar refractivity (Wildman–Crippen MR) is 56.3 cm³/mol. The van der Waals surface area contributed by atoms with E-state index in [-0.39, 0.29) is 0 Å². The Balaban J connectivity index is 2.32. The smallest absolute Gasteiger partial charge is 0.134 e. The second-order valence-corrected chi connectivity index (χ2v) is 3.89. The summed E-state index contributed by atoms with van der Waals surface area (Å²) in [6.45, 7) is 3.28. The Bertz CT molecular complexity index is 472. The molecule has 2 heterocycles. The van der Waals surface area contributed by atoms with Crippen molar-refractivity contribution in [2.45, 2.75) is 19.4 Å². The van der Waals surface area contributed by atoms with Crippen LogP contribution in [-0.2, 0) is 6.42 Å². The number of fused-ring (bicyclic) bond motifs is 3. The van der Waals surface area contributed by atoms with Crippen LogP contribution in [-0.4, -0.2) is 6.54 Å². The average molecular weight is 187 g/mol. The van der Waals surface area contributed by atoms with Crippen LogP contribution >= 0.6 is 0 Å². The van der Waals surface area contributed by atoms with Gasteiger partial charge < -0.3 is 9.73 Å². The molecule has 0 amide bonds. The molecule has 1 aliphatic heterocycles. The molecule has 2 aromatic rings. The van der Waals surface area contributed by atoms with Crippen molar-refractivity contribution >= 4 is 11.0 Å². The van der Waals surface area contributed by atoms with Gasteiger partial charge in [-0.05, 0) is 43.1 Å². The van der Waals surface area contributed by atoms with Crippen molar-refractivity contribution in [1.82, 2.24) is 5.32 Å². The molecule has 0 saturated carbocycles. The van der Waals surface area contributed by atoms with Crippen molar-refractivity contribution in [3.8, 4) is 0 Å². The van der Waals surface area contributed by atoms with Crippen molar-refractivity contribution in [2.75, 3.05) is 6.54 Å². The van der Waals surface area contributed by atoms with Crippen LogP contribution < -0.4 is 5.32 Å². The summed E-state index contributed by atoms with van der Waals surface area (Å²) in [4.78, 5) is 0. The van der Waals surface area contributed by atoms with Crippen LogP contribution in [0.15, 0.2) is 28.9 Å². The molecule has 2 nitrogen and oxygen atoms in total. The van der Waals surface area contributed by atoms with E-state index in [1.165, 1.54) is 16.5 Å². The second-order valence-electron chi connectivity index (χ2n) is 3.89. The summed E-state index contributed by atoms with van der Waals surface area (Å²) in [6, 6.07) is 6.79. The molecule has 1 aromatic heterocycles. The first-order chi connectivity index (χ1) is 6.86. The van der Waals surface area contributed by atoms with Gasteiger partial charge >= 0.3 is 0 Å². The van der Waals surface area contributed by atoms with Gasteiger partial charge in [0.1, 0.15) is 5.58 Å². The van der Waals surface area contributed by atoms with Crippen molar-refractivity contribution in [3.63, 3.8) is 0 Å². The lowest BCUT2D eigenvalue weighted by atomic mass is 9.93. The standard InChI is InChI=1S/C12H13NO/c1-8-9-2-3-12-11(5-7-14-12)10(9)4-6-13-8/h2-3,5,7-8,13H,4,6H2,1H3. The number of benzene rings is 1. The molecule has 1 N–H and O–H groups in total. The lowest BCUT2D eigenvalue weighted by molar-refractivity contribution is 0.542. The van der Waals surface area contributed by atoms with Crippen LogP contribution in [0.3, 0.4) is 0 Å². The molecule has 1 aromatic carbocycles. The van der Waals surface area contributed by atoms with Gasteiger partial charge in [-0.25, -0.2) is 0 Å². The SMILES string of the molecule is CC1NCCc2c1ccc1occc21. The Labute approximate surface area is 82.9 Å². The number of furan rings is 1. The Morgan fingerprint density at radius 2 is 2.29 bits per heavy atom. The summed E-state index contributed by atoms with van der Waals surface area (Å²) in [7, 11) is 0. The van der Waals surface area contributed by atoms with E-state index in [0.717, 1.165) is 18.5 Å². The molecule has 3 rings (SSSR count). The van der Waals surface area contributed by atoms with Gasteiger partial charge in [0.25, 0.3) is 0 Å². The summed E-state index contributed by atoms with van der Waals surface area (Å²) in [5.74, 6) is 0. The van der Waals surface area contributed by atoms with Gasteiger partial charge in [-0.3, -0.25) is 0 Å². The topological polar surface area (TPSA) is 25.2 Å². The average Bonchev–Trinajstić information content (AvgIpc) is 2.66. The maximum atomic E-state index is 5.40. The normalized spacial score (nSPS) is 21.1. The zero-order valence-electron chi connectivity index (χ0n) is 8.21. The van der Waals surface area contributed by atoms with E-state index < -0.39 is 0 Å². The van der Waals surface area contributed by atoms with Crippen LogP contribution in [0.25, 0.3) is 11.0 Å². The molecule has 1 atom stereocenters. The molecule has 0 fully saturated rings. The highest BCUT2D eigenvalue weighted by Crippen LogP contribution is 2.30. The van der Waals surface area contributed by atoms with Crippen molar-refractivity contribution < 1.29 is 4.42 Å². The third-order valence-electron chi connectivity index (χ3n) is 3.08. The third kappa shape index (κ3) is 1.01. The highest BCUT2D eigenvalue weighted by Gasteiger charge is 2.18. The summed E-state index contributed by atoms with van der Waals surface area (Å²) in [5, 5.41) is 4.75. The van der Waals surface area contributed by atoms with Crippen molar-refractivity contribution in [3.05, 3.63) is 35.6 Å². The Morgan fingerprint density at radius 3 is 3.21 bits per heavy atom. The van der Waals surface area contributed by atoms with E-state index in [1.54, 1.807) is 6.26 Å². The Hall–Kier alpha value is -1.28. The van der Waals surface area contributed by atoms with Gasteiger partial charge in [0.2, 0.25) is 0 Å². The summed E-state index contributed by atoms with van der Waals surface area (Å²) in [6.07, 6.45) is 2.88. The number of hydrogen-bond donors (Lipinski definition) is 1. The van der Waals surface area contributed by atoms with E-state index in [1.807, 2.05) is 0 Å². The first-order valence-electron chi connectivity index (χ1n) is 5.08. The Morgan fingerprint density at radius 1 is 1.36 bits per heavy atom. The van der Waals surface area contributed by atoms with Crippen LogP contribution in [0.4, 0.5) is 0 Å². The first kappa shape index (κ1) is 8.06. The lowest BCUT2D eigenvalue weighted by Crippen LogP contribution is -2.27. The second kappa shape index (κ2) is 2.85. The highest BCUT2D eigenvalue weighted by molar-refractivity contribution is 5.82. The molecule has 0 bridgehead atoms. The van der Waals surface area contributed by atoms with Gasteiger partial charge in [-0.15, -0.1) is 0 Å². The fourth-order valence-electron chi connectivity index (χ4n) is 2.33. The van der Waals surface area contributed by atoms with E-state index in [9.17, 15) is 0 Å². The van der Waals surface area contributed by atoms with E-state index >= 15 is 0 Å². The minimum Gasteiger partial charge on any atom is -0.464 e. The molecule has 0 spiro atoms. The summed E-state index contributed by atoms with van der Waals surface area (Å²) >= 11 is 0. The number of hydrogen-bond acceptors (Lipinski definition) is 2. The maximum absolute atomic E-state index is 5.40. The molecule has 0 radical (unpaired) electrons. The number of nitrogens with one attached hydrogen (secondary N) is 1. The Kier molecular flexibility index (Phi) is 1.64. The molecular weight excluding hydrogens is 174 g/mol. The molecular formula is C12H13NO. The van der Waals surface area contributed by atoms with Gasteiger partial charge in [-0.1, -0.05) is 6.07 Å². The monoisotopic (exact) mass is 187 g/mol. The lowest BCUT2D eigenvalue weighted by Gasteiger charge is -2.24. The molecule has 0 aliphatic carbocycles. The minimum atomic E-state index is 0.470. The maximum Gasteiger partial charge on any atom is 0.134 e. The minimum absolute atomic E-state index is 0.470. The molecule has 2 heteroatoms. The van der Waals surface area contributed by atoms with E-state index in [4.69, 9.17) is 4.42 Å². The molecule has 1 unspecified atom stereocenters. The van der Waals surface area contributed by atoms with Gasteiger partial charge in [0.05, 0.1) is 6.26 Å². The van der Waals surface area contributed by atoms with Crippen molar-refractivity contribution in [2.24, 2.45) is 0 Å². The molecule has 1 aliphatic rings. The zero-order chi connectivity index (χ0) is 9.54. The van der Waals surface area contributed by atoms with Crippen LogP contribution in [0, 0.1) is 0 Å². The van der Waals surface area contributed by atoms with Crippen LogP contribution in [0.1, 0.15) is 24.1 Å². The van der Waals surface area contributed by atoms with E-state index in [0.29, 0.717) is 6.04 Å². The largest absolute Gasteiger partial charge is 0.464 e. The third-order valence-corrected chi connectivity index (χ3v) is 3.08. The predicted octanol–water partition coefficient (Wildman–Crippen LogP) is 2.64. The molecule has 14 heavy (non-hydrogen) atoms. The van der Waals surface area contributed by atoms with Gasteiger partial charge in [0, 0.05) is 11.4 Å². The molecule has 72 valence electrons.